The number of hydrogen-bond donors (Lipinski definition) is 3. The molecular formula is C29H25Cl2N3O6. The average molecular weight is 582 g/mol. The van der Waals surface area contributed by atoms with Crippen molar-refractivity contribution in [1.29, 1.82) is 0 Å². The number of rotatable bonds is 9. The molecule has 0 aliphatic carbocycles. The van der Waals surface area contributed by atoms with Gasteiger partial charge >= 0.3 is 12.1 Å². The number of carbonyl (C=O) groups is 3. The molecule has 0 radical (unpaired) electrons. The summed E-state index contributed by atoms with van der Waals surface area (Å²) in [5.74, 6) is -1.50. The first kappa shape index (κ1) is 28.7. The number of carbonyl (C=O) groups excluding carboxylic acids is 2. The van der Waals surface area contributed by atoms with E-state index in [1.54, 1.807) is 74.5 Å². The molecule has 0 aliphatic rings. The van der Waals surface area contributed by atoms with Crippen LogP contribution in [-0.4, -0.2) is 34.3 Å². The van der Waals surface area contributed by atoms with Crippen LogP contribution in [0.4, 0.5) is 10.5 Å². The van der Waals surface area contributed by atoms with E-state index in [-0.39, 0.29) is 17.7 Å². The number of benzene rings is 3. The van der Waals surface area contributed by atoms with Crippen LogP contribution >= 0.6 is 23.2 Å². The van der Waals surface area contributed by atoms with Gasteiger partial charge in [0.05, 0.1) is 0 Å². The second-order valence-corrected chi connectivity index (χ2v) is 9.72. The summed E-state index contributed by atoms with van der Waals surface area (Å²) < 4.78 is 10.9. The highest BCUT2D eigenvalue weighted by Gasteiger charge is 2.24. The highest BCUT2D eigenvalue weighted by Crippen LogP contribution is 2.32. The van der Waals surface area contributed by atoms with E-state index in [9.17, 15) is 19.5 Å². The molecule has 0 spiro atoms. The standard InChI is InChI=1S/C29H25Cl2N3O6/c1-16-25(33-29(38)39-17(2)21-8-4-6-10-23(21)31)26(40-34-16)18-11-13-19(14-12-18)27(35)32-24(28(36)37)15-20-7-3-5-9-22(20)30/h3-14,17,24H,15H2,1-2H3,(H,32,35)(H,33,38)(H,36,37). The van der Waals surface area contributed by atoms with Gasteiger partial charge < -0.3 is 19.7 Å². The van der Waals surface area contributed by atoms with Gasteiger partial charge in [-0.25, -0.2) is 9.59 Å². The zero-order valence-corrected chi connectivity index (χ0v) is 23.0. The first-order chi connectivity index (χ1) is 19.1. The minimum Gasteiger partial charge on any atom is -0.480 e. The van der Waals surface area contributed by atoms with Gasteiger partial charge in [-0.05, 0) is 43.7 Å². The summed E-state index contributed by atoms with van der Waals surface area (Å²) in [7, 11) is 0. The Kier molecular flexibility index (Phi) is 9.08. The molecule has 0 saturated carbocycles. The van der Waals surface area contributed by atoms with Gasteiger partial charge in [0.15, 0.2) is 5.76 Å². The van der Waals surface area contributed by atoms with E-state index < -0.39 is 30.1 Å². The predicted octanol–water partition coefficient (Wildman–Crippen LogP) is 6.69. The van der Waals surface area contributed by atoms with Crippen molar-refractivity contribution in [2.75, 3.05) is 5.32 Å². The number of carboxylic acid groups (broad SMARTS) is 1. The number of nitrogens with zero attached hydrogens (tertiary/aromatic N) is 1. The minimum atomic E-state index is -1.19. The van der Waals surface area contributed by atoms with E-state index in [2.05, 4.69) is 15.8 Å². The van der Waals surface area contributed by atoms with Crippen LogP contribution in [0.15, 0.2) is 77.3 Å². The number of ether oxygens (including phenoxy) is 1. The fourth-order valence-electron chi connectivity index (χ4n) is 3.97. The van der Waals surface area contributed by atoms with Crippen molar-refractivity contribution in [3.63, 3.8) is 0 Å². The van der Waals surface area contributed by atoms with Crippen LogP contribution in [0.5, 0.6) is 0 Å². The van der Waals surface area contributed by atoms with Crippen LogP contribution in [0.1, 0.15) is 40.2 Å². The lowest BCUT2D eigenvalue weighted by Gasteiger charge is -2.16. The van der Waals surface area contributed by atoms with Gasteiger partial charge in [0.1, 0.15) is 23.5 Å². The molecule has 40 heavy (non-hydrogen) atoms. The summed E-state index contributed by atoms with van der Waals surface area (Å²) >= 11 is 12.3. The van der Waals surface area contributed by atoms with E-state index in [1.807, 2.05) is 0 Å². The van der Waals surface area contributed by atoms with Crippen molar-refractivity contribution >= 4 is 46.9 Å². The molecule has 3 N–H and O–H groups in total. The van der Waals surface area contributed by atoms with Crippen molar-refractivity contribution < 1.29 is 28.8 Å². The van der Waals surface area contributed by atoms with Crippen LogP contribution in [0.3, 0.4) is 0 Å². The maximum atomic E-state index is 12.8. The minimum absolute atomic E-state index is 0.0242. The number of nitrogens with one attached hydrogen (secondary N) is 2. The largest absolute Gasteiger partial charge is 0.480 e. The first-order valence-electron chi connectivity index (χ1n) is 12.2. The molecule has 11 heteroatoms. The summed E-state index contributed by atoms with van der Waals surface area (Å²) in [5.41, 5.74) is 2.74. The molecule has 2 amide bonds. The van der Waals surface area contributed by atoms with Crippen molar-refractivity contribution in [2.45, 2.75) is 32.4 Å². The molecule has 0 fully saturated rings. The third-order valence-corrected chi connectivity index (χ3v) is 6.82. The van der Waals surface area contributed by atoms with E-state index in [4.69, 9.17) is 32.5 Å². The lowest BCUT2D eigenvalue weighted by atomic mass is 10.0. The summed E-state index contributed by atoms with van der Waals surface area (Å²) in [6.07, 6.45) is -1.31. The summed E-state index contributed by atoms with van der Waals surface area (Å²) in [6, 6.07) is 18.9. The van der Waals surface area contributed by atoms with Crippen molar-refractivity contribution in [3.8, 4) is 11.3 Å². The Balaban J connectivity index is 1.44. The molecule has 4 rings (SSSR count). The highest BCUT2D eigenvalue weighted by molar-refractivity contribution is 6.31. The third kappa shape index (κ3) is 6.80. The van der Waals surface area contributed by atoms with E-state index >= 15 is 0 Å². The molecule has 3 aromatic carbocycles. The second kappa shape index (κ2) is 12.7. The van der Waals surface area contributed by atoms with E-state index in [0.717, 1.165) is 0 Å². The van der Waals surface area contributed by atoms with Gasteiger partial charge in [-0.2, -0.15) is 0 Å². The molecule has 4 aromatic rings. The number of aliphatic carboxylic acids is 1. The van der Waals surface area contributed by atoms with E-state index in [1.165, 1.54) is 12.1 Å². The van der Waals surface area contributed by atoms with Gasteiger partial charge in [-0.3, -0.25) is 10.1 Å². The van der Waals surface area contributed by atoms with Crippen LogP contribution in [0, 0.1) is 6.92 Å². The van der Waals surface area contributed by atoms with Crippen LogP contribution in [0.25, 0.3) is 11.3 Å². The first-order valence-corrected chi connectivity index (χ1v) is 13.0. The molecule has 1 aromatic heterocycles. The number of hydrogen-bond acceptors (Lipinski definition) is 6. The molecule has 9 nitrogen and oxygen atoms in total. The summed E-state index contributed by atoms with van der Waals surface area (Å²) in [5, 5.41) is 19.7. The van der Waals surface area contributed by atoms with Gasteiger partial charge in [0.25, 0.3) is 5.91 Å². The van der Waals surface area contributed by atoms with Crippen molar-refractivity contribution in [2.24, 2.45) is 0 Å². The smallest absolute Gasteiger partial charge is 0.412 e. The molecular weight excluding hydrogens is 557 g/mol. The Morgan fingerprint density at radius 3 is 2.27 bits per heavy atom. The number of aryl methyl sites for hydroxylation is 1. The molecule has 0 bridgehead atoms. The fraction of sp³-hybridized carbons (Fsp3) is 0.172. The zero-order chi connectivity index (χ0) is 28.8. The SMILES string of the molecule is Cc1noc(-c2ccc(C(=O)NC(Cc3ccccc3Cl)C(=O)O)cc2)c1NC(=O)OC(C)c1ccccc1Cl. The lowest BCUT2D eigenvalue weighted by Crippen LogP contribution is -2.42. The van der Waals surface area contributed by atoms with Gasteiger partial charge in [0.2, 0.25) is 0 Å². The molecule has 2 atom stereocenters. The third-order valence-electron chi connectivity index (χ3n) is 6.11. The van der Waals surface area contributed by atoms with Crippen molar-refractivity contribution in [3.05, 3.63) is 105 Å². The zero-order valence-electron chi connectivity index (χ0n) is 21.5. The molecule has 206 valence electrons. The van der Waals surface area contributed by atoms with Crippen LogP contribution in [0.2, 0.25) is 10.0 Å². The Morgan fingerprint density at radius 2 is 1.62 bits per heavy atom. The molecule has 1 heterocycles. The number of amides is 2. The van der Waals surface area contributed by atoms with Crippen LogP contribution < -0.4 is 10.6 Å². The molecule has 0 aliphatic heterocycles. The molecule has 0 saturated heterocycles. The topological polar surface area (TPSA) is 131 Å². The Bertz CT molecular complexity index is 1540. The summed E-state index contributed by atoms with van der Waals surface area (Å²) in [6.45, 7) is 3.36. The van der Waals surface area contributed by atoms with E-state index in [0.29, 0.717) is 38.1 Å². The maximum absolute atomic E-state index is 12.8. The fourth-order valence-corrected chi connectivity index (χ4v) is 4.48. The Labute approximate surface area is 240 Å². The van der Waals surface area contributed by atoms with Crippen LogP contribution in [-0.2, 0) is 16.0 Å². The lowest BCUT2D eigenvalue weighted by molar-refractivity contribution is -0.139. The predicted molar refractivity (Wildman–Crippen MR) is 151 cm³/mol. The van der Waals surface area contributed by atoms with Crippen molar-refractivity contribution in [1.82, 2.24) is 10.5 Å². The number of halogens is 2. The number of aromatic nitrogens is 1. The highest BCUT2D eigenvalue weighted by atomic mass is 35.5. The Hall–Kier alpha value is -4.34. The van der Waals surface area contributed by atoms with Gasteiger partial charge in [-0.15, -0.1) is 0 Å². The monoisotopic (exact) mass is 581 g/mol. The quantitative estimate of drug-likeness (QED) is 0.200. The molecule has 2 unspecified atom stereocenters. The number of carboxylic acids is 1. The Morgan fingerprint density at radius 1 is 0.975 bits per heavy atom. The van der Waals surface area contributed by atoms with Gasteiger partial charge in [0, 0.05) is 33.2 Å². The maximum Gasteiger partial charge on any atom is 0.412 e. The number of anilines is 1. The normalized spacial score (nSPS) is 12.3. The second-order valence-electron chi connectivity index (χ2n) is 8.90. The summed E-state index contributed by atoms with van der Waals surface area (Å²) in [4.78, 5) is 37.2. The average Bonchev–Trinajstić information content (AvgIpc) is 3.29. The van der Waals surface area contributed by atoms with Gasteiger partial charge in [-0.1, -0.05) is 76.9 Å².